The maximum absolute atomic E-state index is 11.6. The second-order valence-electron chi connectivity index (χ2n) is 4.26. The molecule has 0 aromatic carbocycles. The third kappa shape index (κ3) is 6.54. The van der Waals surface area contributed by atoms with Crippen LogP contribution in [-0.2, 0) is 19.1 Å². The lowest BCUT2D eigenvalue weighted by Gasteiger charge is -2.13. The molecule has 0 aliphatic rings. The molecule has 108 valence electrons. The number of esters is 2. The minimum absolute atomic E-state index is 0.0474. The van der Waals surface area contributed by atoms with Crippen LogP contribution in [0, 0.1) is 16.0 Å². The Hall–Kier alpha value is -1.92. The number of hydrogen-bond acceptors (Lipinski definition) is 6. The number of nitrogens with zero attached hydrogens (tertiary/aromatic N) is 1. The van der Waals surface area contributed by atoms with Gasteiger partial charge in [0.2, 0.25) is 0 Å². The maximum Gasteiger partial charge on any atom is 0.358 e. The minimum atomic E-state index is -1.62. The molecule has 7 nitrogen and oxygen atoms in total. The second kappa shape index (κ2) is 8.23. The van der Waals surface area contributed by atoms with E-state index in [2.05, 4.69) is 4.74 Å². The third-order valence-electron chi connectivity index (χ3n) is 2.06. The van der Waals surface area contributed by atoms with E-state index in [1.54, 1.807) is 6.92 Å². The number of hydrogen-bond donors (Lipinski definition) is 0. The Kier molecular flexibility index (Phi) is 7.40. The highest BCUT2D eigenvalue weighted by Gasteiger charge is 2.36. The van der Waals surface area contributed by atoms with Crippen molar-refractivity contribution in [3.8, 4) is 0 Å². The lowest BCUT2D eigenvalue weighted by Crippen LogP contribution is -2.33. The van der Waals surface area contributed by atoms with Crippen molar-refractivity contribution in [3.63, 3.8) is 0 Å². The van der Waals surface area contributed by atoms with Crippen LogP contribution in [0.4, 0.5) is 0 Å². The Bertz CT molecular complexity index is 374. The number of carbonyl (C=O) groups excluding carboxylic acids is 2. The molecule has 0 radical (unpaired) electrons. The fraction of sp³-hybridized carbons (Fsp3) is 0.667. The zero-order chi connectivity index (χ0) is 15.0. The van der Waals surface area contributed by atoms with Crippen LogP contribution < -0.4 is 0 Å². The normalized spacial score (nSPS) is 13.0. The zero-order valence-electron chi connectivity index (χ0n) is 11.5. The van der Waals surface area contributed by atoms with Crippen molar-refractivity contribution < 1.29 is 24.0 Å². The van der Waals surface area contributed by atoms with Gasteiger partial charge in [0, 0.05) is 6.92 Å². The van der Waals surface area contributed by atoms with Crippen LogP contribution in [-0.4, -0.2) is 29.6 Å². The van der Waals surface area contributed by atoms with Gasteiger partial charge >= 0.3 is 11.9 Å². The first-order valence-corrected chi connectivity index (χ1v) is 5.97. The summed E-state index contributed by atoms with van der Waals surface area (Å²) in [4.78, 5) is 32.8. The molecule has 0 saturated heterocycles. The number of ether oxygens (including phenoxy) is 2. The molecule has 0 heterocycles. The lowest BCUT2D eigenvalue weighted by atomic mass is 10.1. The van der Waals surface area contributed by atoms with Crippen LogP contribution >= 0.6 is 0 Å². The first-order chi connectivity index (χ1) is 8.79. The summed E-state index contributed by atoms with van der Waals surface area (Å²) >= 11 is 0. The van der Waals surface area contributed by atoms with Gasteiger partial charge in [0.05, 0.1) is 11.5 Å². The van der Waals surface area contributed by atoms with E-state index in [9.17, 15) is 19.7 Å². The van der Waals surface area contributed by atoms with E-state index < -0.39 is 28.7 Å². The standard InChI is InChI=1S/C12H19NO6/c1-5-18-12(15)11(19-9(4)14)10(13(16)17)7-6-8(2)3/h7-8,11H,5-6H2,1-4H3/b10-7-. The minimum Gasteiger partial charge on any atom is -0.463 e. The van der Waals surface area contributed by atoms with Crippen LogP contribution in [0.5, 0.6) is 0 Å². The molecule has 0 aliphatic heterocycles. The average molecular weight is 273 g/mol. The van der Waals surface area contributed by atoms with Crippen molar-refractivity contribution in [2.45, 2.75) is 40.2 Å². The SMILES string of the molecule is CCOC(=O)C(OC(C)=O)/C(=C/CC(C)C)[N+](=O)[O-]. The summed E-state index contributed by atoms with van der Waals surface area (Å²) in [5.74, 6) is -1.55. The third-order valence-corrected chi connectivity index (χ3v) is 2.06. The summed E-state index contributed by atoms with van der Waals surface area (Å²) in [6.07, 6.45) is 0.0640. The van der Waals surface area contributed by atoms with E-state index in [4.69, 9.17) is 4.74 Å². The molecule has 0 rings (SSSR count). The van der Waals surface area contributed by atoms with E-state index in [0.29, 0.717) is 6.42 Å². The fourth-order valence-electron chi connectivity index (χ4n) is 1.25. The lowest BCUT2D eigenvalue weighted by molar-refractivity contribution is -0.434. The van der Waals surface area contributed by atoms with Crippen molar-refractivity contribution >= 4 is 11.9 Å². The molecule has 0 aromatic rings. The van der Waals surface area contributed by atoms with Crippen molar-refractivity contribution in [3.05, 3.63) is 21.9 Å². The highest BCUT2D eigenvalue weighted by molar-refractivity contribution is 5.81. The Morgan fingerprint density at radius 2 is 1.95 bits per heavy atom. The first kappa shape index (κ1) is 17.1. The molecule has 7 heteroatoms. The second-order valence-corrected chi connectivity index (χ2v) is 4.26. The van der Waals surface area contributed by atoms with Crippen molar-refractivity contribution in [2.24, 2.45) is 5.92 Å². The van der Waals surface area contributed by atoms with Gasteiger partial charge in [-0.3, -0.25) is 14.9 Å². The van der Waals surface area contributed by atoms with Gasteiger partial charge in [0.25, 0.3) is 11.8 Å². The molecule has 0 fully saturated rings. The van der Waals surface area contributed by atoms with Crippen LogP contribution in [0.15, 0.2) is 11.8 Å². The fourth-order valence-corrected chi connectivity index (χ4v) is 1.25. The molecule has 1 atom stereocenters. The monoisotopic (exact) mass is 273 g/mol. The van der Waals surface area contributed by atoms with E-state index in [1.165, 1.54) is 6.08 Å². The molecule has 0 saturated carbocycles. The van der Waals surface area contributed by atoms with Gasteiger partial charge in [0.15, 0.2) is 0 Å². The highest BCUT2D eigenvalue weighted by Crippen LogP contribution is 2.14. The van der Waals surface area contributed by atoms with E-state index in [-0.39, 0.29) is 12.5 Å². The average Bonchev–Trinajstić information content (AvgIpc) is 2.26. The quantitative estimate of drug-likeness (QED) is 0.398. The van der Waals surface area contributed by atoms with Gasteiger partial charge in [-0.15, -0.1) is 0 Å². The van der Waals surface area contributed by atoms with Crippen molar-refractivity contribution in [1.82, 2.24) is 0 Å². The molecule has 1 unspecified atom stereocenters. The molecule has 0 amide bonds. The number of rotatable bonds is 7. The van der Waals surface area contributed by atoms with E-state index >= 15 is 0 Å². The van der Waals surface area contributed by atoms with Crippen LogP contribution in [0.3, 0.4) is 0 Å². The molecule has 19 heavy (non-hydrogen) atoms. The van der Waals surface area contributed by atoms with Gasteiger partial charge in [-0.25, -0.2) is 4.79 Å². The Morgan fingerprint density at radius 1 is 1.37 bits per heavy atom. The van der Waals surface area contributed by atoms with E-state index in [1.807, 2.05) is 13.8 Å². The van der Waals surface area contributed by atoms with Gasteiger partial charge in [0.1, 0.15) is 0 Å². The number of carbonyl (C=O) groups is 2. The number of allylic oxidation sites excluding steroid dienone is 1. The smallest absolute Gasteiger partial charge is 0.358 e. The Balaban J connectivity index is 5.24. The van der Waals surface area contributed by atoms with Gasteiger partial charge in [-0.05, 0) is 25.3 Å². The van der Waals surface area contributed by atoms with Gasteiger partial charge in [-0.2, -0.15) is 0 Å². The molecule has 0 aromatic heterocycles. The molecular formula is C12H19NO6. The largest absolute Gasteiger partial charge is 0.463 e. The molecular weight excluding hydrogens is 254 g/mol. The molecule has 0 N–H and O–H groups in total. The predicted octanol–water partition coefficient (Wildman–Crippen LogP) is 1.69. The van der Waals surface area contributed by atoms with Gasteiger partial charge in [-0.1, -0.05) is 13.8 Å². The summed E-state index contributed by atoms with van der Waals surface area (Å²) in [7, 11) is 0. The first-order valence-electron chi connectivity index (χ1n) is 5.97. The topological polar surface area (TPSA) is 95.7 Å². The summed E-state index contributed by atoms with van der Waals surface area (Å²) < 4.78 is 9.38. The van der Waals surface area contributed by atoms with Crippen LogP contribution in [0.1, 0.15) is 34.1 Å². The summed E-state index contributed by atoms with van der Waals surface area (Å²) in [6, 6.07) is 0. The highest BCUT2D eigenvalue weighted by atomic mass is 16.6. The van der Waals surface area contributed by atoms with E-state index in [0.717, 1.165) is 6.92 Å². The van der Waals surface area contributed by atoms with Crippen LogP contribution in [0.25, 0.3) is 0 Å². The summed E-state index contributed by atoms with van der Waals surface area (Å²) in [5, 5.41) is 11.0. The summed E-state index contributed by atoms with van der Waals surface area (Å²) in [5.41, 5.74) is -0.470. The van der Waals surface area contributed by atoms with Gasteiger partial charge < -0.3 is 9.47 Å². The Labute approximate surface area is 111 Å². The van der Waals surface area contributed by atoms with Crippen LogP contribution in [0.2, 0.25) is 0 Å². The maximum atomic E-state index is 11.6. The zero-order valence-corrected chi connectivity index (χ0v) is 11.5. The molecule has 0 bridgehead atoms. The molecule has 0 aliphatic carbocycles. The predicted molar refractivity (Wildman–Crippen MR) is 66.7 cm³/mol. The van der Waals surface area contributed by atoms with Crippen molar-refractivity contribution in [1.29, 1.82) is 0 Å². The molecule has 0 spiro atoms. The Morgan fingerprint density at radius 3 is 2.32 bits per heavy atom. The summed E-state index contributed by atoms with van der Waals surface area (Å²) in [6.45, 7) is 6.43. The van der Waals surface area contributed by atoms with Crippen molar-refractivity contribution in [2.75, 3.05) is 6.61 Å². The number of nitro groups is 1.